The Balaban J connectivity index is 1.25. The highest BCUT2D eigenvalue weighted by atomic mass is 15.2. The molecule has 1 spiro atoms. The van der Waals surface area contributed by atoms with E-state index in [4.69, 9.17) is 5.73 Å². The Hall–Kier alpha value is -5.77. The van der Waals surface area contributed by atoms with Gasteiger partial charge in [-0.2, -0.15) is 0 Å². The summed E-state index contributed by atoms with van der Waals surface area (Å²) in [5.74, 6) is 0. The second-order valence-corrected chi connectivity index (χ2v) is 12.1. The first-order valence-electron chi connectivity index (χ1n) is 16.2. The van der Waals surface area contributed by atoms with Crippen molar-refractivity contribution in [1.29, 1.82) is 0 Å². The van der Waals surface area contributed by atoms with E-state index in [2.05, 4.69) is 162 Å². The number of anilines is 3. The summed E-state index contributed by atoms with van der Waals surface area (Å²) in [6, 6.07) is 54.4. The van der Waals surface area contributed by atoms with E-state index in [9.17, 15) is 0 Å². The molecule has 6 aromatic rings. The largest absolute Gasteiger partial charge is 0.327 e. The molecule has 0 unspecified atom stereocenters. The van der Waals surface area contributed by atoms with Crippen LogP contribution < -0.4 is 10.6 Å². The van der Waals surface area contributed by atoms with E-state index in [0.717, 1.165) is 11.3 Å². The third-order valence-electron chi connectivity index (χ3n) is 9.35. The Bertz CT molecular complexity index is 2090. The molecule has 0 amide bonds. The predicted molar refractivity (Wildman–Crippen MR) is 197 cm³/mol. The molecule has 3 heteroatoms. The van der Waals surface area contributed by atoms with Crippen LogP contribution in [0, 0.1) is 0 Å². The Labute approximate surface area is 276 Å². The smallest absolute Gasteiger partial charge is 0.0748 e. The number of hydrogen-bond donors (Lipinski definition) is 1. The highest BCUT2D eigenvalue weighted by molar-refractivity contribution is 5.94. The van der Waals surface area contributed by atoms with Crippen LogP contribution in [0.2, 0.25) is 0 Å². The molecule has 0 bridgehead atoms. The maximum atomic E-state index is 6.06. The topological polar surface area (TPSA) is 41.6 Å². The van der Waals surface area contributed by atoms with Crippen molar-refractivity contribution >= 4 is 29.4 Å². The van der Waals surface area contributed by atoms with E-state index in [-0.39, 0.29) is 0 Å². The highest BCUT2D eigenvalue weighted by Crippen LogP contribution is 2.61. The van der Waals surface area contributed by atoms with Gasteiger partial charge in [0, 0.05) is 18.4 Å². The van der Waals surface area contributed by atoms with E-state index in [1.165, 1.54) is 55.9 Å². The van der Waals surface area contributed by atoms with Gasteiger partial charge in [-0.3, -0.25) is 4.99 Å². The summed E-state index contributed by atoms with van der Waals surface area (Å²) in [6.07, 6.45) is 8.60. The molecule has 0 saturated carbocycles. The SMILES string of the molecule is NC/C=C\C1=Cc2ccc(-c3ccc(CN=Cc4ccccc4)cc3)cc2C12c1ccccc1N(c1ccccc1)c1ccccc12. The van der Waals surface area contributed by atoms with Crippen molar-refractivity contribution in [3.05, 3.63) is 203 Å². The van der Waals surface area contributed by atoms with Gasteiger partial charge in [0.1, 0.15) is 0 Å². The fourth-order valence-electron chi connectivity index (χ4n) is 7.29. The Morgan fingerprint density at radius 2 is 1.23 bits per heavy atom. The molecule has 1 aliphatic heterocycles. The van der Waals surface area contributed by atoms with Crippen LogP contribution in [0.25, 0.3) is 17.2 Å². The average molecular weight is 606 g/mol. The van der Waals surface area contributed by atoms with Crippen LogP contribution in [0.3, 0.4) is 0 Å². The Morgan fingerprint density at radius 1 is 0.617 bits per heavy atom. The van der Waals surface area contributed by atoms with Crippen LogP contribution in [0.5, 0.6) is 0 Å². The fourth-order valence-corrected chi connectivity index (χ4v) is 7.29. The molecule has 6 aromatic carbocycles. The van der Waals surface area contributed by atoms with E-state index in [1.54, 1.807) is 0 Å². The maximum Gasteiger partial charge on any atom is 0.0748 e. The van der Waals surface area contributed by atoms with Gasteiger partial charge in [0.15, 0.2) is 0 Å². The zero-order valence-electron chi connectivity index (χ0n) is 26.1. The Kier molecular flexibility index (Phi) is 7.45. The van der Waals surface area contributed by atoms with Crippen LogP contribution in [-0.2, 0) is 12.0 Å². The number of aliphatic imine (C=N–C) groups is 1. The first-order valence-corrected chi connectivity index (χ1v) is 16.2. The number of nitrogens with zero attached hydrogens (tertiary/aromatic N) is 2. The molecule has 226 valence electrons. The zero-order valence-corrected chi connectivity index (χ0v) is 26.1. The second kappa shape index (κ2) is 12.2. The van der Waals surface area contributed by atoms with Crippen molar-refractivity contribution in [3.8, 4) is 11.1 Å². The molecule has 1 aliphatic carbocycles. The summed E-state index contributed by atoms with van der Waals surface area (Å²) in [7, 11) is 0. The molecule has 0 atom stereocenters. The number of rotatable bonds is 7. The predicted octanol–water partition coefficient (Wildman–Crippen LogP) is 10.0. The molecule has 0 fully saturated rings. The number of allylic oxidation sites excluding steroid dienone is 2. The van der Waals surface area contributed by atoms with E-state index < -0.39 is 5.41 Å². The third-order valence-corrected chi connectivity index (χ3v) is 9.35. The molecular formula is C44H35N3. The van der Waals surface area contributed by atoms with Gasteiger partial charge in [-0.15, -0.1) is 0 Å². The quantitative estimate of drug-likeness (QED) is 0.184. The summed E-state index contributed by atoms with van der Waals surface area (Å²) >= 11 is 0. The number of benzene rings is 6. The van der Waals surface area contributed by atoms with E-state index >= 15 is 0 Å². The van der Waals surface area contributed by atoms with Gasteiger partial charge < -0.3 is 10.6 Å². The zero-order chi connectivity index (χ0) is 31.6. The van der Waals surface area contributed by atoms with Crippen LogP contribution in [-0.4, -0.2) is 12.8 Å². The molecule has 0 aromatic heterocycles. The summed E-state index contributed by atoms with van der Waals surface area (Å²) in [5, 5.41) is 0. The number of nitrogens with two attached hydrogens (primary N) is 1. The van der Waals surface area contributed by atoms with Crippen molar-refractivity contribution in [2.75, 3.05) is 11.4 Å². The molecule has 47 heavy (non-hydrogen) atoms. The lowest BCUT2D eigenvalue weighted by Crippen LogP contribution is -2.36. The summed E-state index contributed by atoms with van der Waals surface area (Å²) in [6.45, 7) is 1.13. The van der Waals surface area contributed by atoms with Crippen LogP contribution in [0.4, 0.5) is 17.1 Å². The van der Waals surface area contributed by atoms with Crippen molar-refractivity contribution in [1.82, 2.24) is 0 Å². The van der Waals surface area contributed by atoms with Crippen LogP contribution in [0.15, 0.2) is 174 Å². The maximum absolute atomic E-state index is 6.06. The first-order chi connectivity index (χ1) is 23.3. The van der Waals surface area contributed by atoms with Gasteiger partial charge in [0.2, 0.25) is 0 Å². The minimum atomic E-state index is -0.498. The lowest BCUT2D eigenvalue weighted by molar-refractivity contribution is 0.746. The average Bonchev–Trinajstić information content (AvgIpc) is 3.45. The van der Waals surface area contributed by atoms with Crippen molar-refractivity contribution in [2.45, 2.75) is 12.0 Å². The van der Waals surface area contributed by atoms with Crippen molar-refractivity contribution < 1.29 is 0 Å². The molecule has 2 aliphatic rings. The molecule has 8 rings (SSSR count). The lowest BCUT2D eigenvalue weighted by atomic mass is 9.63. The lowest BCUT2D eigenvalue weighted by Gasteiger charge is -2.45. The molecule has 1 heterocycles. The van der Waals surface area contributed by atoms with Gasteiger partial charge in [0.25, 0.3) is 0 Å². The van der Waals surface area contributed by atoms with Crippen LogP contribution >= 0.6 is 0 Å². The molecule has 2 N–H and O–H groups in total. The molecule has 0 saturated heterocycles. The minimum Gasteiger partial charge on any atom is -0.327 e. The van der Waals surface area contributed by atoms with E-state index in [0.29, 0.717) is 13.1 Å². The number of para-hydroxylation sites is 3. The second-order valence-electron chi connectivity index (χ2n) is 12.1. The molecular weight excluding hydrogens is 571 g/mol. The highest BCUT2D eigenvalue weighted by Gasteiger charge is 2.50. The van der Waals surface area contributed by atoms with Gasteiger partial charge >= 0.3 is 0 Å². The van der Waals surface area contributed by atoms with Gasteiger partial charge in [-0.05, 0) is 86.5 Å². The van der Waals surface area contributed by atoms with Gasteiger partial charge in [-0.1, -0.05) is 133 Å². The molecule has 0 radical (unpaired) electrons. The number of fused-ring (bicyclic) bond motifs is 6. The number of hydrogen-bond acceptors (Lipinski definition) is 3. The third kappa shape index (κ3) is 4.93. The van der Waals surface area contributed by atoms with Crippen molar-refractivity contribution in [2.24, 2.45) is 10.7 Å². The van der Waals surface area contributed by atoms with Crippen molar-refractivity contribution in [3.63, 3.8) is 0 Å². The minimum absolute atomic E-state index is 0.482. The monoisotopic (exact) mass is 605 g/mol. The summed E-state index contributed by atoms with van der Waals surface area (Å²) in [5.41, 5.74) is 20.0. The first kappa shape index (κ1) is 28.7. The standard InChI is InChI=1S/C44H35N3/c45-27-11-14-37-28-36-26-25-35(34-23-21-33(22-24-34)31-46-30-32-12-3-1-4-13-32)29-41(36)44(37)39-17-7-9-19-42(39)47(38-15-5-2-6-16-38)43-20-10-8-18-40(43)44/h1-26,28-30H,27,31,45H2/b14-11-,46-30?. The van der Waals surface area contributed by atoms with Crippen LogP contribution in [0.1, 0.15) is 33.4 Å². The summed E-state index contributed by atoms with van der Waals surface area (Å²) < 4.78 is 0. The Morgan fingerprint density at radius 3 is 1.91 bits per heavy atom. The normalized spacial score (nSPS) is 14.3. The molecule has 3 nitrogen and oxygen atoms in total. The summed E-state index contributed by atoms with van der Waals surface area (Å²) in [4.78, 5) is 7.07. The fraction of sp³-hybridized carbons (Fsp3) is 0.0682. The van der Waals surface area contributed by atoms with E-state index in [1.807, 2.05) is 24.4 Å². The van der Waals surface area contributed by atoms with Gasteiger partial charge in [0.05, 0.1) is 23.3 Å². The van der Waals surface area contributed by atoms with Gasteiger partial charge in [-0.25, -0.2) is 0 Å².